The van der Waals surface area contributed by atoms with Gasteiger partial charge in [-0.2, -0.15) is 11.8 Å². The van der Waals surface area contributed by atoms with Gasteiger partial charge >= 0.3 is 0 Å². The maximum atomic E-state index is 6.16. The van der Waals surface area contributed by atoms with Gasteiger partial charge < -0.3 is 4.74 Å². The van der Waals surface area contributed by atoms with Crippen LogP contribution in [0.5, 0.6) is 0 Å². The normalized spacial score (nSPS) is 51.2. The lowest BCUT2D eigenvalue weighted by molar-refractivity contribution is -0.101. The zero-order valence-electron chi connectivity index (χ0n) is 10.7. The predicted octanol–water partition coefficient (Wildman–Crippen LogP) is 4.24. The summed E-state index contributed by atoms with van der Waals surface area (Å²) in [6.45, 7) is 3.54. The molecule has 2 heterocycles. The maximum absolute atomic E-state index is 6.16. The fraction of sp³-hybridized carbons (Fsp3) is 1.00. The Hall–Kier alpha value is 0.790. The quantitative estimate of drug-likeness (QED) is 0.669. The van der Waals surface area contributed by atoms with Crippen LogP contribution in [-0.2, 0) is 4.74 Å². The molecule has 0 aromatic carbocycles. The molecule has 0 aromatic rings. The van der Waals surface area contributed by atoms with Gasteiger partial charge in [0.25, 0.3) is 0 Å². The summed E-state index contributed by atoms with van der Waals surface area (Å²) in [4.78, 5) is 0.768. The molecule has 0 amide bonds. The van der Waals surface area contributed by atoms with Gasteiger partial charge in [0.15, 0.2) is 0 Å². The molecule has 0 bridgehead atoms. The highest BCUT2D eigenvalue weighted by molar-refractivity contribution is 9.09. The molecule has 2 aliphatic heterocycles. The van der Waals surface area contributed by atoms with E-state index in [1.807, 2.05) is 0 Å². The number of rotatable bonds is 1. The second kappa shape index (κ2) is 4.72. The van der Waals surface area contributed by atoms with E-state index < -0.39 is 0 Å². The summed E-state index contributed by atoms with van der Waals surface area (Å²) in [5, 5.41) is 0. The summed E-state index contributed by atoms with van der Waals surface area (Å²) in [6, 6.07) is 0. The lowest BCUT2D eigenvalue weighted by atomic mass is 9.68. The van der Waals surface area contributed by atoms with Gasteiger partial charge in [-0.05, 0) is 55.6 Å². The van der Waals surface area contributed by atoms with E-state index >= 15 is 0 Å². The van der Waals surface area contributed by atoms with Crippen molar-refractivity contribution in [2.75, 3.05) is 18.1 Å². The lowest BCUT2D eigenvalue weighted by Gasteiger charge is -2.44. The molecule has 1 nitrogen and oxygen atoms in total. The van der Waals surface area contributed by atoms with Crippen LogP contribution >= 0.6 is 27.7 Å². The highest BCUT2D eigenvalue weighted by Crippen LogP contribution is 2.53. The maximum Gasteiger partial charge on any atom is 0.0783 e. The van der Waals surface area contributed by atoms with Crippen molar-refractivity contribution >= 4 is 27.7 Å². The summed E-state index contributed by atoms with van der Waals surface area (Å²) in [6.07, 6.45) is 8.08. The molecule has 3 fully saturated rings. The van der Waals surface area contributed by atoms with E-state index in [4.69, 9.17) is 4.74 Å². The zero-order chi connectivity index (χ0) is 11.9. The van der Waals surface area contributed by atoms with Gasteiger partial charge in [-0.3, -0.25) is 0 Å². The summed E-state index contributed by atoms with van der Waals surface area (Å²) in [5.74, 6) is 3.46. The van der Waals surface area contributed by atoms with Crippen LogP contribution in [0, 0.1) is 11.3 Å². The Balaban J connectivity index is 1.71. The Morgan fingerprint density at radius 2 is 2.12 bits per heavy atom. The average Bonchev–Trinajstić information content (AvgIpc) is 2.88. The molecule has 4 unspecified atom stereocenters. The molecule has 4 atom stereocenters. The van der Waals surface area contributed by atoms with Crippen molar-refractivity contribution in [3.8, 4) is 0 Å². The fourth-order valence-corrected chi connectivity index (χ4v) is 6.40. The van der Waals surface area contributed by atoms with Crippen molar-refractivity contribution in [1.29, 1.82) is 0 Å². The van der Waals surface area contributed by atoms with Gasteiger partial charge in [-0.1, -0.05) is 22.9 Å². The molecule has 2 saturated heterocycles. The standard InChI is InChI=1S/C14H23BrOS/c1-13(4-2-12(15)9-13)11-3-6-16-14(8-11)5-7-17-10-14/h11-12H,2-10H2,1H3. The molecular formula is C14H23BrOS. The first-order chi connectivity index (χ1) is 8.12. The lowest BCUT2D eigenvalue weighted by Crippen LogP contribution is -2.44. The molecule has 1 saturated carbocycles. The van der Waals surface area contributed by atoms with Gasteiger partial charge in [-0.25, -0.2) is 0 Å². The molecule has 0 aromatic heterocycles. The van der Waals surface area contributed by atoms with Crippen LogP contribution in [0.25, 0.3) is 0 Å². The van der Waals surface area contributed by atoms with Crippen molar-refractivity contribution < 1.29 is 4.74 Å². The van der Waals surface area contributed by atoms with Gasteiger partial charge in [0.1, 0.15) is 0 Å². The van der Waals surface area contributed by atoms with Crippen LogP contribution in [-0.4, -0.2) is 28.5 Å². The molecule has 17 heavy (non-hydrogen) atoms. The molecular weight excluding hydrogens is 296 g/mol. The van der Waals surface area contributed by atoms with Crippen LogP contribution in [0.2, 0.25) is 0 Å². The van der Waals surface area contributed by atoms with Gasteiger partial charge in [-0.15, -0.1) is 0 Å². The minimum atomic E-state index is 0.265. The van der Waals surface area contributed by atoms with E-state index in [-0.39, 0.29) is 5.60 Å². The van der Waals surface area contributed by atoms with E-state index in [1.165, 1.54) is 50.0 Å². The van der Waals surface area contributed by atoms with Gasteiger partial charge in [0.2, 0.25) is 0 Å². The van der Waals surface area contributed by atoms with Crippen molar-refractivity contribution in [3.63, 3.8) is 0 Å². The molecule has 0 N–H and O–H groups in total. The minimum absolute atomic E-state index is 0.265. The SMILES string of the molecule is CC1(C2CCOC3(CCSC3)C2)CCC(Br)C1. The second-order valence-electron chi connectivity index (χ2n) is 6.52. The molecule has 0 radical (unpaired) electrons. The summed E-state index contributed by atoms with van der Waals surface area (Å²) < 4.78 is 6.16. The summed E-state index contributed by atoms with van der Waals surface area (Å²) in [7, 11) is 0. The predicted molar refractivity (Wildman–Crippen MR) is 78.0 cm³/mol. The number of ether oxygens (including phenoxy) is 1. The van der Waals surface area contributed by atoms with Gasteiger partial charge in [0, 0.05) is 17.2 Å². The largest absolute Gasteiger partial charge is 0.374 e. The number of halogens is 1. The third-order valence-corrected chi connectivity index (χ3v) is 7.27. The first-order valence-corrected chi connectivity index (χ1v) is 9.05. The van der Waals surface area contributed by atoms with Crippen LogP contribution < -0.4 is 0 Å². The average molecular weight is 319 g/mol. The minimum Gasteiger partial charge on any atom is -0.374 e. The third kappa shape index (κ3) is 2.44. The topological polar surface area (TPSA) is 9.23 Å². The van der Waals surface area contributed by atoms with E-state index in [9.17, 15) is 0 Å². The van der Waals surface area contributed by atoms with Crippen LogP contribution in [0.3, 0.4) is 0 Å². The van der Waals surface area contributed by atoms with Crippen molar-refractivity contribution in [2.24, 2.45) is 11.3 Å². The van der Waals surface area contributed by atoms with E-state index in [1.54, 1.807) is 0 Å². The van der Waals surface area contributed by atoms with E-state index in [2.05, 4.69) is 34.6 Å². The number of hydrogen-bond donors (Lipinski definition) is 0. The molecule has 3 rings (SSSR count). The zero-order valence-corrected chi connectivity index (χ0v) is 13.1. The smallest absolute Gasteiger partial charge is 0.0783 e. The highest BCUT2D eigenvalue weighted by atomic mass is 79.9. The number of alkyl halides is 1. The van der Waals surface area contributed by atoms with Crippen molar-refractivity contribution in [3.05, 3.63) is 0 Å². The molecule has 3 heteroatoms. The van der Waals surface area contributed by atoms with Crippen LogP contribution in [0.4, 0.5) is 0 Å². The van der Waals surface area contributed by atoms with Crippen LogP contribution in [0.1, 0.15) is 45.4 Å². The Labute approximate surface area is 118 Å². The number of hydrogen-bond acceptors (Lipinski definition) is 2. The Morgan fingerprint density at radius 3 is 2.76 bits per heavy atom. The Bertz CT molecular complexity index is 290. The van der Waals surface area contributed by atoms with Crippen molar-refractivity contribution in [1.82, 2.24) is 0 Å². The molecule has 1 spiro atoms. The van der Waals surface area contributed by atoms with Crippen LogP contribution in [0.15, 0.2) is 0 Å². The highest BCUT2D eigenvalue weighted by Gasteiger charge is 2.48. The fourth-order valence-electron chi connectivity index (χ4n) is 4.05. The summed E-state index contributed by atoms with van der Waals surface area (Å²) >= 11 is 5.91. The van der Waals surface area contributed by atoms with E-state index in [0.717, 1.165) is 17.4 Å². The van der Waals surface area contributed by atoms with E-state index in [0.29, 0.717) is 5.41 Å². The van der Waals surface area contributed by atoms with Crippen molar-refractivity contribution in [2.45, 2.75) is 55.9 Å². The molecule has 1 aliphatic carbocycles. The Kier molecular flexibility index (Phi) is 3.55. The first kappa shape index (κ1) is 12.8. The molecule has 3 aliphatic rings. The van der Waals surface area contributed by atoms with Gasteiger partial charge in [0.05, 0.1) is 5.60 Å². The second-order valence-corrected chi connectivity index (χ2v) is 8.92. The summed E-state index contributed by atoms with van der Waals surface area (Å²) in [5.41, 5.74) is 0.846. The Morgan fingerprint density at radius 1 is 1.24 bits per heavy atom. The molecule has 98 valence electrons. The third-order valence-electron chi connectivity index (χ3n) is 5.26. The monoisotopic (exact) mass is 318 g/mol. The first-order valence-electron chi connectivity index (χ1n) is 6.98. The number of thioether (sulfide) groups is 1.